The zero-order valence-corrected chi connectivity index (χ0v) is 17.2. The van der Waals surface area contributed by atoms with Crippen molar-refractivity contribution in [2.75, 3.05) is 44.2 Å². The highest BCUT2D eigenvalue weighted by Crippen LogP contribution is 2.37. The van der Waals surface area contributed by atoms with E-state index in [1.807, 2.05) is 19.1 Å². The van der Waals surface area contributed by atoms with Crippen LogP contribution >= 0.6 is 0 Å². The second-order valence-electron chi connectivity index (χ2n) is 8.19. The average molecular weight is 414 g/mol. The van der Waals surface area contributed by atoms with Gasteiger partial charge in [-0.15, -0.1) is 0 Å². The van der Waals surface area contributed by atoms with Gasteiger partial charge >= 0.3 is 12.1 Å². The van der Waals surface area contributed by atoms with Gasteiger partial charge in [0.2, 0.25) is 5.91 Å². The lowest BCUT2D eigenvalue weighted by Gasteiger charge is -2.45. The molecule has 30 heavy (non-hydrogen) atoms. The first-order valence-electron chi connectivity index (χ1n) is 9.93. The van der Waals surface area contributed by atoms with Crippen LogP contribution in [-0.2, 0) is 9.59 Å². The standard InChI is InChI=1S/C21H26N4O5/c1-14-11-15(12-22)3-4-17(14)23-7-9-24(10-8-23)18(26)16-5-6-25(20(29)30)13-21(16,2)19(27)28/h3-4,11,16H,5-10,13H2,1-2H3,(H,27,28)(H,29,30)/t16-,21+/m1/s1. The molecule has 0 radical (unpaired) electrons. The summed E-state index contributed by atoms with van der Waals surface area (Å²) < 4.78 is 0. The van der Waals surface area contributed by atoms with E-state index in [9.17, 15) is 24.6 Å². The highest BCUT2D eigenvalue weighted by molar-refractivity contribution is 5.88. The van der Waals surface area contributed by atoms with E-state index in [0.29, 0.717) is 31.7 Å². The van der Waals surface area contributed by atoms with Crippen molar-refractivity contribution in [2.45, 2.75) is 20.3 Å². The quantitative estimate of drug-likeness (QED) is 0.770. The molecule has 0 aromatic heterocycles. The van der Waals surface area contributed by atoms with E-state index >= 15 is 0 Å². The van der Waals surface area contributed by atoms with Crippen molar-refractivity contribution in [3.05, 3.63) is 29.3 Å². The number of nitriles is 1. The number of piperazine rings is 1. The summed E-state index contributed by atoms with van der Waals surface area (Å²) in [6, 6.07) is 7.64. The summed E-state index contributed by atoms with van der Waals surface area (Å²) in [5.74, 6) is -2.13. The van der Waals surface area contributed by atoms with Gasteiger partial charge in [0.1, 0.15) is 0 Å². The minimum atomic E-state index is -1.45. The highest BCUT2D eigenvalue weighted by Gasteiger charge is 2.51. The number of anilines is 1. The Hall–Kier alpha value is -3.28. The van der Waals surface area contributed by atoms with E-state index in [-0.39, 0.29) is 25.4 Å². The number of piperidine rings is 1. The molecule has 1 aromatic rings. The number of aryl methyl sites for hydroxylation is 1. The van der Waals surface area contributed by atoms with Crippen molar-refractivity contribution < 1.29 is 24.6 Å². The number of amides is 2. The fourth-order valence-corrected chi connectivity index (χ4v) is 4.43. The molecule has 2 heterocycles. The molecule has 2 N–H and O–H groups in total. The molecular formula is C21H26N4O5. The molecule has 0 bridgehead atoms. The van der Waals surface area contributed by atoms with Gasteiger partial charge in [-0.3, -0.25) is 9.59 Å². The van der Waals surface area contributed by atoms with Gasteiger partial charge in [0, 0.05) is 45.0 Å². The summed E-state index contributed by atoms with van der Waals surface area (Å²) in [5, 5.41) is 28.0. The number of benzene rings is 1. The summed E-state index contributed by atoms with van der Waals surface area (Å²) in [4.78, 5) is 41.4. The highest BCUT2D eigenvalue weighted by atomic mass is 16.4. The van der Waals surface area contributed by atoms with Crippen molar-refractivity contribution in [2.24, 2.45) is 11.3 Å². The zero-order valence-electron chi connectivity index (χ0n) is 17.2. The van der Waals surface area contributed by atoms with Crippen LogP contribution in [0.2, 0.25) is 0 Å². The minimum absolute atomic E-state index is 0.152. The van der Waals surface area contributed by atoms with E-state index in [1.54, 1.807) is 11.0 Å². The molecule has 2 saturated heterocycles. The predicted molar refractivity (Wildman–Crippen MR) is 108 cm³/mol. The van der Waals surface area contributed by atoms with Gasteiger partial charge in [-0.2, -0.15) is 5.26 Å². The maximum Gasteiger partial charge on any atom is 0.407 e. The maximum absolute atomic E-state index is 13.2. The van der Waals surface area contributed by atoms with Gasteiger partial charge in [-0.25, -0.2) is 4.79 Å². The lowest BCUT2D eigenvalue weighted by Crippen LogP contribution is -2.59. The van der Waals surface area contributed by atoms with Crippen molar-refractivity contribution >= 4 is 23.7 Å². The van der Waals surface area contributed by atoms with Crippen molar-refractivity contribution in [1.82, 2.24) is 9.80 Å². The second-order valence-corrected chi connectivity index (χ2v) is 8.19. The van der Waals surface area contributed by atoms with Gasteiger partial charge in [-0.1, -0.05) is 0 Å². The van der Waals surface area contributed by atoms with Crippen molar-refractivity contribution in [1.29, 1.82) is 5.26 Å². The molecule has 9 nitrogen and oxygen atoms in total. The molecule has 1 aromatic carbocycles. The first-order valence-corrected chi connectivity index (χ1v) is 9.93. The van der Waals surface area contributed by atoms with Crippen LogP contribution in [0.3, 0.4) is 0 Å². The number of carboxylic acid groups (broad SMARTS) is 2. The maximum atomic E-state index is 13.2. The molecule has 2 amide bonds. The number of likely N-dealkylation sites (tertiary alicyclic amines) is 1. The Labute approximate surface area is 175 Å². The molecule has 2 fully saturated rings. The fourth-order valence-electron chi connectivity index (χ4n) is 4.43. The number of hydrogen-bond acceptors (Lipinski definition) is 5. The van der Waals surface area contributed by atoms with Crippen LogP contribution in [0.5, 0.6) is 0 Å². The Morgan fingerprint density at radius 3 is 2.30 bits per heavy atom. The number of hydrogen-bond donors (Lipinski definition) is 2. The summed E-state index contributed by atoms with van der Waals surface area (Å²) in [6.45, 7) is 5.51. The number of nitrogens with zero attached hydrogens (tertiary/aromatic N) is 4. The monoisotopic (exact) mass is 414 g/mol. The van der Waals surface area contributed by atoms with Crippen molar-refractivity contribution in [3.8, 4) is 6.07 Å². The first-order chi connectivity index (χ1) is 14.2. The molecule has 3 rings (SSSR count). The molecule has 160 valence electrons. The van der Waals surface area contributed by atoms with Gasteiger partial charge in [-0.05, 0) is 44.0 Å². The number of carbonyl (C=O) groups is 3. The van der Waals surface area contributed by atoms with Crippen LogP contribution in [0.15, 0.2) is 18.2 Å². The normalized spacial score (nSPS) is 24.3. The smallest absolute Gasteiger partial charge is 0.407 e. The lowest BCUT2D eigenvalue weighted by atomic mass is 9.71. The third-order valence-corrected chi connectivity index (χ3v) is 6.29. The average Bonchev–Trinajstić information content (AvgIpc) is 2.73. The van der Waals surface area contributed by atoms with Crippen LogP contribution in [0, 0.1) is 29.6 Å². The Balaban J connectivity index is 1.69. The molecule has 2 aliphatic rings. The van der Waals surface area contributed by atoms with Crippen LogP contribution in [0.4, 0.5) is 10.5 Å². The lowest BCUT2D eigenvalue weighted by molar-refractivity contribution is -0.163. The molecule has 0 unspecified atom stereocenters. The Kier molecular flexibility index (Phi) is 5.87. The number of carbonyl (C=O) groups excluding carboxylic acids is 1. The van der Waals surface area contributed by atoms with E-state index in [1.165, 1.54) is 6.92 Å². The fraction of sp³-hybridized carbons (Fsp3) is 0.524. The van der Waals surface area contributed by atoms with E-state index < -0.39 is 23.4 Å². The molecule has 2 atom stereocenters. The van der Waals surface area contributed by atoms with Gasteiger partial charge in [0.05, 0.1) is 23.0 Å². The van der Waals surface area contributed by atoms with E-state index in [4.69, 9.17) is 5.26 Å². The third-order valence-electron chi connectivity index (χ3n) is 6.29. The SMILES string of the molecule is Cc1cc(C#N)ccc1N1CCN(C(=O)[C@H]2CCN(C(=O)O)C[C@]2(C)C(=O)O)CC1. The number of carboxylic acids is 1. The Morgan fingerprint density at radius 1 is 1.10 bits per heavy atom. The molecule has 0 saturated carbocycles. The number of rotatable bonds is 3. The molecule has 2 aliphatic heterocycles. The van der Waals surface area contributed by atoms with E-state index in [0.717, 1.165) is 16.2 Å². The molecule has 0 aliphatic carbocycles. The summed E-state index contributed by atoms with van der Waals surface area (Å²) in [6.07, 6.45) is -0.970. The van der Waals surface area contributed by atoms with Crippen LogP contribution in [-0.4, -0.2) is 77.3 Å². The predicted octanol–water partition coefficient (Wildman–Crippen LogP) is 1.61. The van der Waals surface area contributed by atoms with Crippen LogP contribution in [0.1, 0.15) is 24.5 Å². The van der Waals surface area contributed by atoms with Gasteiger partial charge in [0.25, 0.3) is 0 Å². The summed E-state index contributed by atoms with van der Waals surface area (Å²) >= 11 is 0. The minimum Gasteiger partial charge on any atom is -0.481 e. The van der Waals surface area contributed by atoms with E-state index in [2.05, 4.69) is 11.0 Å². The zero-order chi connectivity index (χ0) is 22.1. The first kappa shape index (κ1) is 21.4. The molecule has 9 heteroatoms. The summed E-state index contributed by atoms with van der Waals surface area (Å²) in [5.41, 5.74) is 1.17. The molecule has 0 spiro atoms. The van der Waals surface area contributed by atoms with Gasteiger partial charge in [0.15, 0.2) is 0 Å². The van der Waals surface area contributed by atoms with Crippen LogP contribution < -0.4 is 4.90 Å². The number of aliphatic carboxylic acids is 1. The van der Waals surface area contributed by atoms with Gasteiger partial charge < -0.3 is 24.9 Å². The Morgan fingerprint density at radius 2 is 1.77 bits per heavy atom. The Bertz CT molecular complexity index is 903. The largest absolute Gasteiger partial charge is 0.481 e. The molecular weight excluding hydrogens is 388 g/mol. The van der Waals surface area contributed by atoms with Crippen LogP contribution in [0.25, 0.3) is 0 Å². The van der Waals surface area contributed by atoms with Crippen molar-refractivity contribution in [3.63, 3.8) is 0 Å². The summed E-state index contributed by atoms with van der Waals surface area (Å²) in [7, 11) is 0. The third kappa shape index (κ3) is 3.90. The second kappa shape index (κ2) is 8.22. The topological polar surface area (TPSA) is 125 Å².